The van der Waals surface area contributed by atoms with Crippen molar-refractivity contribution < 1.29 is 14.1 Å². The molecular weight excluding hydrogens is 251 g/mol. The molecule has 19 heavy (non-hydrogen) atoms. The van der Waals surface area contributed by atoms with Crippen LogP contribution < -0.4 is 4.74 Å². The zero-order valence-corrected chi connectivity index (χ0v) is 10.8. The number of para-hydroxylation sites is 1. The topological polar surface area (TPSA) is 55.6 Å². The molecule has 0 bridgehead atoms. The van der Waals surface area contributed by atoms with Gasteiger partial charge in [0.2, 0.25) is 5.75 Å². The number of rotatable bonds is 4. The normalized spacial score (nSPS) is 17.4. The summed E-state index contributed by atoms with van der Waals surface area (Å²) in [4.78, 5) is 12.4. The zero-order valence-electron chi connectivity index (χ0n) is 10.8. The molecular formula is C13H17FN2O3. The average Bonchev–Trinajstić information content (AvgIpc) is 2.39. The van der Waals surface area contributed by atoms with Crippen molar-refractivity contribution in [3.05, 3.63) is 34.1 Å². The Balaban J connectivity index is 2.01. The summed E-state index contributed by atoms with van der Waals surface area (Å²) in [7, 11) is 2.05. The molecule has 0 aliphatic carbocycles. The van der Waals surface area contributed by atoms with E-state index in [9.17, 15) is 14.5 Å². The highest BCUT2D eigenvalue weighted by Gasteiger charge is 2.22. The smallest absolute Gasteiger partial charge is 0.314 e. The first-order valence-electron chi connectivity index (χ1n) is 6.32. The van der Waals surface area contributed by atoms with E-state index in [2.05, 4.69) is 11.9 Å². The maximum absolute atomic E-state index is 13.6. The number of nitro groups is 1. The Bertz CT molecular complexity index is 459. The van der Waals surface area contributed by atoms with Gasteiger partial charge in [-0.1, -0.05) is 6.07 Å². The van der Waals surface area contributed by atoms with E-state index in [1.54, 1.807) is 0 Å². The van der Waals surface area contributed by atoms with E-state index < -0.39 is 10.7 Å². The molecule has 104 valence electrons. The second-order valence-corrected chi connectivity index (χ2v) is 4.90. The minimum atomic E-state index is -0.679. The lowest BCUT2D eigenvalue weighted by Gasteiger charge is -2.28. The molecule has 6 heteroatoms. The second-order valence-electron chi connectivity index (χ2n) is 4.90. The quantitative estimate of drug-likeness (QED) is 0.621. The number of hydrogen-bond donors (Lipinski definition) is 0. The van der Waals surface area contributed by atoms with Crippen LogP contribution in [0.5, 0.6) is 5.75 Å². The third-order valence-corrected chi connectivity index (χ3v) is 3.44. The summed E-state index contributed by atoms with van der Waals surface area (Å²) in [6, 6.07) is 3.75. The highest BCUT2D eigenvalue weighted by Crippen LogP contribution is 2.30. The zero-order chi connectivity index (χ0) is 13.8. The van der Waals surface area contributed by atoms with Crippen LogP contribution in [0, 0.1) is 21.8 Å². The van der Waals surface area contributed by atoms with E-state index in [-0.39, 0.29) is 11.4 Å². The number of hydrogen-bond acceptors (Lipinski definition) is 4. The first-order chi connectivity index (χ1) is 9.08. The molecule has 1 saturated heterocycles. The highest BCUT2D eigenvalue weighted by molar-refractivity contribution is 5.46. The van der Waals surface area contributed by atoms with Gasteiger partial charge < -0.3 is 9.64 Å². The average molecular weight is 268 g/mol. The molecule has 0 N–H and O–H groups in total. The van der Waals surface area contributed by atoms with Crippen LogP contribution in [0.3, 0.4) is 0 Å². The first kappa shape index (κ1) is 13.7. The molecule has 0 amide bonds. The third kappa shape index (κ3) is 3.41. The minimum absolute atomic E-state index is 0.244. The minimum Gasteiger partial charge on any atom is -0.484 e. The number of likely N-dealkylation sites (tertiary alicyclic amines) is 1. The van der Waals surface area contributed by atoms with Crippen LogP contribution in [0.25, 0.3) is 0 Å². The molecule has 5 nitrogen and oxygen atoms in total. The lowest BCUT2D eigenvalue weighted by Crippen LogP contribution is -2.32. The predicted molar refractivity (Wildman–Crippen MR) is 68.8 cm³/mol. The van der Waals surface area contributed by atoms with E-state index in [4.69, 9.17) is 4.74 Å². The summed E-state index contributed by atoms with van der Waals surface area (Å²) in [5.74, 6) is -0.594. The standard InChI is InChI=1S/C13H17FN2O3/c1-15-7-5-10(6-8-15)9-19-13-11(14)3-2-4-12(13)16(17)18/h2-4,10H,5-9H2,1H3. The summed E-state index contributed by atoms with van der Waals surface area (Å²) >= 11 is 0. The van der Waals surface area contributed by atoms with Crippen LogP contribution >= 0.6 is 0 Å². The van der Waals surface area contributed by atoms with Crippen molar-refractivity contribution in [2.75, 3.05) is 26.7 Å². The molecule has 0 saturated carbocycles. The number of piperidine rings is 1. The molecule has 1 heterocycles. The summed E-state index contributed by atoms with van der Waals surface area (Å²) in [6.45, 7) is 2.29. The van der Waals surface area contributed by atoms with Gasteiger partial charge in [-0.3, -0.25) is 10.1 Å². The van der Waals surface area contributed by atoms with Crippen molar-refractivity contribution >= 4 is 5.69 Å². The molecule has 1 aromatic carbocycles. The number of halogens is 1. The van der Waals surface area contributed by atoms with Crippen molar-refractivity contribution in [1.82, 2.24) is 4.90 Å². The van der Waals surface area contributed by atoms with Crippen LogP contribution in [0.15, 0.2) is 18.2 Å². The van der Waals surface area contributed by atoms with Crippen molar-refractivity contribution in [2.45, 2.75) is 12.8 Å². The fraction of sp³-hybridized carbons (Fsp3) is 0.538. The van der Waals surface area contributed by atoms with E-state index >= 15 is 0 Å². The van der Waals surface area contributed by atoms with Gasteiger partial charge in [0.25, 0.3) is 0 Å². The van der Waals surface area contributed by atoms with Gasteiger partial charge in [0.05, 0.1) is 11.5 Å². The molecule has 1 aliphatic heterocycles. The maximum atomic E-state index is 13.6. The van der Waals surface area contributed by atoms with Crippen molar-refractivity contribution in [1.29, 1.82) is 0 Å². The fourth-order valence-corrected chi connectivity index (χ4v) is 2.21. The van der Waals surface area contributed by atoms with E-state index in [1.165, 1.54) is 18.2 Å². The molecule has 0 atom stereocenters. The largest absolute Gasteiger partial charge is 0.484 e. The van der Waals surface area contributed by atoms with E-state index in [1.807, 2.05) is 0 Å². The maximum Gasteiger partial charge on any atom is 0.314 e. The Morgan fingerprint density at radius 1 is 1.47 bits per heavy atom. The third-order valence-electron chi connectivity index (χ3n) is 3.44. The van der Waals surface area contributed by atoms with Crippen molar-refractivity contribution in [3.63, 3.8) is 0 Å². The van der Waals surface area contributed by atoms with E-state index in [0.717, 1.165) is 25.9 Å². The first-order valence-corrected chi connectivity index (χ1v) is 6.32. The van der Waals surface area contributed by atoms with Gasteiger partial charge in [-0.05, 0) is 45.0 Å². The molecule has 1 fully saturated rings. The molecule has 0 unspecified atom stereocenters. The van der Waals surface area contributed by atoms with Crippen LogP contribution in [-0.2, 0) is 0 Å². The lowest BCUT2D eigenvalue weighted by molar-refractivity contribution is -0.386. The summed E-state index contributed by atoms with van der Waals surface area (Å²) < 4.78 is 19.0. The Morgan fingerprint density at radius 3 is 2.79 bits per heavy atom. The molecule has 0 radical (unpaired) electrons. The molecule has 0 spiro atoms. The van der Waals surface area contributed by atoms with Crippen LogP contribution in [0.4, 0.5) is 10.1 Å². The summed E-state index contributed by atoms with van der Waals surface area (Å²) in [5, 5.41) is 10.8. The highest BCUT2D eigenvalue weighted by atomic mass is 19.1. The lowest BCUT2D eigenvalue weighted by atomic mass is 9.98. The van der Waals surface area contributed by atoms with Gasteiger partial charge in [0.1, 0.15) is 0 Å². The fourth-order valence-electron chi connectivity index (χ4n) is 2.21. The van der Waals surface area contributed by atoms with Gasteiger partial charge in [-0.25, -0.2) is 4.39 Å². The van der Waals surface area contributed by atoms with E-state index in [0.29, 0.717) is 12.5 Å². The van der Waals surface area contributed by atoms with Crippen LogP contribution in [-0.4, -0.2) is 36.6 Å². The van der Waals surface area contributed by atoms with Crippen LogP contribution in [0.1, 0.15) is 12.8 Å². The van der Waals surface area contributed by atoms with Crippen molar-refractivity contribution in [3.8, 4) is 5.75 Å². The molecule has 2 rings (SSSR count). The Hall–Kier alpha value is -1.69. The Labute approximate surface area is 111 Å². The Morgan fingerprint density at radius 2 is 2.16 bits per heavy atom. The van der Waals surface area contributed by atoms with Gasteiger partial charge >= 0.3 is 5.69 Å². The van der Waals surface area contributed by atoms with Gasteiger partial charge in [-0.2, -0.15) is 0 Å². The number of benzene rings is 1. The van der Waals surface area contributed by atoms with Gasteiger partial charge in [-0.15, -0.1) is 0 Å². The number of nitrogens with zero attached hydrogens (tertiary/aromatic N) is 2. The second kappa shape index (κ2) is 5.97. The summed E-state index contributed by atoms with van der Waals surface area (Å²) in [6.07, 6.45) is 1.94. The SMILES string of the molecule is CN1CCC(COc2c(F)cccc2[N+](=O)[O-])CC1. The predicted octanol–water partition coefficient (Wildman–Crippen LogP) is 2.45. The monoisotopic (exact) mass is 268 g/mol. The summed E-state index contributed by atoms with van der Waals surface area (Å²) in [5.41, 5.74) is -0.312. The van der Waals surface area contributed by atoms with Gasteiger partial charge in [0.15, 0.2) is 5.82 Å². The molecule has 1 aromatic rings. The van der Waals surface area contributed by atoms with Gasteiger partial charge in [0, 0.05) is 6.07 Å². The molecule has 0 aromatic heterocycles. The Kier molecular flexibility index (Phi) is 4.31. The van der Waals surface area contributed by atoms with Crippen LogP contribution in [0.2, 0.25) is 0 Å². The molecule has 1 aliphatic rings. The number of nitro benzene ring substituents is 1. The van der Waals surface area contributed by atoms with Crippen molar-refractivity contribution in [2.24, 2.45) is 5.92 Å². The number of ether oxygens (including phenoxy) is 1.